The topological polar surface area (TPSA) is 102 Å². The van der Waals surface area contributed by atoms with Gasteiger partial charge < -0.3 is 14.8 Å². The number of carbonyl (C=O) groups excluding carboxylic acids is 1. The van der Waals surface area contributed by atoms with E-state index in [1.54, 1.807) is 13.8 Å². The Morgan fingerprint density at radius 1 is 1.04 bits per heavy atom. The number of carbonyl (C=O) groups is 1. The van der Waals surface area contributed by atoms with Gasteiger partial charge in [-0.15, -0.1) is 0 Å². The normalized spacial score (nSPS) is 12.2. The molecule has 0 heterocycles. The van der Waals surface area contributed by atoms with Crippen molar-refractivity contribution < 1.29 is 27.2 Å². The zero-order valence-corrected chi connectivity index (χ0v) is 16.7. The molecule has 0 atom stereocenters. The quantitative estimate of drug-likeness (QED) is 0.332. The highest BCUT2D eigenvalue weighted by Gasteiger charge is 2.23. The largest absolute Gasteiger partial charge is 0.441 e. The predicted molar refractivity (Wildman–Crippen MR) is 98.4 cm³/mol. The molecule has 0 rings (SSSR count). The molecule has 0 bridgehead atoms. The van der Waals surface area contributed by atoms with Gasteiger partial charge in [0.1, 0.15) is 5.60 Å². The second-order valence-electron chi connectivity index (χ2n) is 6.89. The van der Waals surface area contributed by atoms with Gasteiger partial charge in [0, 0.05) is 13.2 Å². The summed E-state index contributed by atoms with van der Waals surface area (Å²) in [6.45, 7) is 6.80. The number of nitrogens with one attached hydrogen (secondary N) is 1. The average Bonchev–Trinajstić information content (AvgIpc) is 2.48. The molecule has 150 valence electrons. The minimum Gasteiger partial charge on any atom is -0.441 e. The summed E-state index contributed by atoms with van der Waals surface area (Å²) in [6, 6.07) is 0. The molecule has 0 saturated carbocycles. The maximum Gasteiger partial charge on any atom is 0.407 e. The minimum absolute atomic E-state index is 0.119. The Kier molecular flexibility index (Phi) is 12.9. The van der Waals surface area contributed by atoms with Crippen molar-refractivity contribution in [3.05, 3.63) is 0 Å². The number of amides is 1. The molecule has 0 aliphatic carbocycles. The molecule has 0 spiro atoms. The Labute approximate surface area is 152 Å². The summed E-state index contributed by atoms with van der Waals surface area (Å²) in [4.78, 5) is 11.6. The van der Waals surface area contributed by atoms with Crippen LogP contribution in [0.25, 0.3) is 0 Å². The van der Waals surface area contributed by atoms with Crippen molar-refractivity contribution in [1.29, 1.82) is 0 Å². The zero-order chi connectivity index (χ0) is 19.2. The van der Waals surface area contributed by atoms with Crippen molar-refractivity contribution in [1.82, 2.24) is 5.32 Å². The highest BCUT2D eigenvalue weighted by molar-refractivity contribution is 7.85. The fourth-order valence-corrected chi connectivity index (χ4v) is 2.75. The van der Waals surface area contributed by atoms with Crippen LogP contribution in [0, 0.1) is 0 Å². The molecule has 0 aromatic heterocycles. The fraction of sp³-hybridized carbons (Fsp3) is 0.941. The minimum atomic E-state index is -4.00. The van der Waals surface area contributed by atoms with E-state index in [4.69, 9.17) is 14.0 Å². The van der Waals surface area contributed by atoms with Gasteiger partial charge in [-0.2, -0.15) is 8.42 Å². The molecule has 0 radical (unpaired) electrons. The first-order valence-corrected chi connectivity index (χ1v) is 10.8. The first-order valence-electron chi connectivity index (χ1n) is 9.16. The van der Waals surface area contributed by atoms with Crippen LogP contribution < -0.4 is 5.32 Å². The molecule has 8 heteroatoms. The molecule has 0 aliphatic rings. The molecular formula is C17H35NO6S. The van der Waals surface area contributed by atoms with Crippen LogP contribution in [0.2, 0.25) is 0 Å². The van der Waals surface area contributed by atoms with E-state index >= 15 is 0 Å². The standard InChI is InChI=1S/C17H35NO6S/c1-4-5-6-7-8-9-10-13-23-15-17(2,3)24-16(19)18-12-11-14-25(20,21)22/h4-15H2,1-3H3,(H,18,19)(H,20,21,22). The van der Waals surface area contributed by atoms with Crippen LogP contribution >= 0.6 is 0 Å². The van der Waals surface area contributed by atoms with Crippen LogP contribution in [0.15, 0.2) is 0 Å². The summed E-state index contributed by atoms with van der Waals surface area (Å²) in [5.41, 5.74) is -0.756. The highest BCUT2D eigenvalue weighted by Crippen LogP contribution is 2.11. The van der Waals surface area contributed by atoms with Crippen LogP contribution in [0.4, 0.5) is 4.79 Å². The number of unbranched alkanes of at least 4 members (excludes halogenated alkanes) is 6. The van der Waals surface area contributed by atoms with Gasteiger partial charge in [0.25, 0.3) is 10.1 Å². The third-order valence-electron chi connectivity index (χ3n) is 3.56. The van der Waals surface area contributed by atoms with Gasteiger partial charge in [0.2, 0.25) is 0 Å². The summed E-state index contributed by atoms with van der Waals surface area (Å²) < 4.78 is 40.5. The van der Waals surface area contributed by atoms with E-state index in [9.17, 15) is 13.2 Å². The van der Waals surface area contributed by atoms with Gasteiger partial charge in [-0.3, -0.25) is 4.55 Å². The van der Waals surface area contributed by atoms with Crippen molar-refractivity contribution in [2.24, 2.45) is 0 Å². The summed E-state index contributed by atoms with van der Waals surface area (Å²) in [5.74, 6) is -0.391. The lowest BCUT2D eigenvalue weighted by Gasteiger charge is -2.25. The van der Waals surface area contributed by atoms with E-state index in [1.807, 2.05) is 0 Å². The second kappa shape index (κ2) is 13.4. The summed E-state index contributed by atoms with van der Waals surface area (Å²) in [6.07, 6.45) is 8.03. The van der Waals surface area contributed by atoms with Gasteiger partial charge >= 0.3 is 6.09 Å². The van der Waals surface area contributed by atoms with Crippen LogP contribution in [0.5, 0.6) is 0 Å². The lowest BCUT2D eigenvalue weighted by molar-refractivity contribution is -0.0336. The van der Waals surface area contributed by atoms with E-state index in [1.165, 1.54) is 32.1 Å². The summed E-state index contributed by atoms with van der Waals surface area (Å²) in [7, 11) is -4.00. The van der Waals surface area contributed by atoms with Gasteiger partial charge in [-0.25, -0.2) is 4.79 Å². The smallest absolute Gasteiger partial charge is 0.407 e. The lowest BCUT2D eigenvalue weighted by atomic mass is 10.1. The Morgan fingerprint density at radius 3 is 2.24 bits per heavy atom. The number of hydrogen-bond donors (Lipinski definition) is 2. The third kappa shape index (κ3) is 17.7. The third-order valence-corrected chi connectivity index (χ3v) is 4.36. The monoisotopic (exact) mass is 381 g/mol. The van der Waals surface area contributed by atoms with Gasteiger partial charge in [0.05, 0.1) is 12.4 Å². The number of alkyl carbamates (subject to hydrolysis) is 1. The van der Waals surface area contributed by atoms with E-state index in [-0.39, 0.29) is 13.0 Å². The van der Waals surface area contributed by atoms with Gasteiger partial charge in [-0.05, 0) is 26.7 Å². The Balaban J connectivity index is 3.67. The molecule has 0 aromatic carbocycles. The Hall–Kier alpha value is -0.860. The first kappa shape index (κ1) is 24.1. The molecule has 0 unspecified atom stereocenters. The Morgan fingerprint density at radius 2 is 1.64 bits per heavy atom. The zero-order valence-electron chi connectivity index (χ0n) is 15.9. The SMILES string of the molecule is CCCCCCCCCOCC(C)(C)OC(=O)NCCCS(=O)(=O)O. The molecule has 0 aromatic rings. The fourth-order valence-electron chi connectivity index (χ4n) is 2.24. The maximum atomic E-state index is 11.6. The van der Waals surface area contributed by atoms with Crippen LogP contribution in [0.1, 0.15) is 72.1 Å². The van der Waals surface area contributed by atoms with Crippen molar-refractivity contribution in [2.75, 3.05) is 25.5 Å². The lowest BCUT2D eigenvalue weighted by Crippen LogP contribution is -2.38. The molecule has 0 saturated heterocycles. The second-order valence-corrected chi connectivity index (χ2v) is 8.46. The van der Waals surface area contributed by atoms with Gasteiger partial charge in [0.15, 0.2) is 0 Å². The molecule has 0 fully saturated rings. The van der Waals surface area contributed by atoms with Gasteiger partial charge in [-0.1, -0.05) is 45.4 Å². The van der Waals surface area contributed by atoms with E-state index in [0.29, 0.717) is 13.2 Å². The Bertz CT molecular complexity index is 450. The summed E-state index contributed by atoms with van der Waals surface area (Å²) >= 11 is 0. The molecule has 2 N–H and O–H groups in total. The molecule has 25 heavy (non-hydrogen) atoms. The molecular weight excluding hydrogens is 346 g/mol. The molecule has 0 aliphatic heterocycles. The summed E-state index contributed by atoms with van der Waals surface area (Å²) in [5, 5.41) is 2.45. The average molecular weight is 382 g/mol. The van der Waals surface area contributed by atoms with Crippen molar-refractivity contribution in [3.63, 3.8) is 0 Å². The van der Waals surface area contributed by atoms with Crippen molar-refractivity contribution in [3.8, 4) is 0 Å². The first-order chi connectivity index (χ1) is 11.7. The van der Waals surface area contributed by atoms with Crippen LogP contribution in [-0.2, 0) is 19.6 Å². The van der Waals surface area contributed by atoms with Crippen molar-refractivity contribution in [2.45, 2.75) is 77.7 Å². The molecule has 1 amide bonds. The van der Waals surface area contributed by atoms with Crippen LogP contribution in [-0.4, -0.2) is 50.2 Å². The highest BCUT2D eigenvalue weighted by atomic mass is 32.2. The van der Waals surface area contributed by atoms with E-state index in [2.05, 4.69) is 12.2 Å². The predicted octanol–water partition coefficient (Wildman–Crippen LogP) is 3.54. The van der Waals surface area contributed by atoms with Crippen LogP contribution in [0.3, 0.4) is 0 Å². The van der Waals surface area contributed by atoms with E-state index < -0.39 is 27.6 Å². The maximum absolute atomic E-state index is 11.6. The number of ether oxygens (including phenoxy) is 2. The van der Waals surface area contributed by atoms with Crippen molar-refractivity contribution >= 4 is 16.2 Å². The van der Waals surface area contributed by atoms with E-state index in [0.717, 1.165) is 12.8 Å². The number of rotatable bonds is 15. The molecule has 7 nitrogen and oxygen atoms in total. The number of hydrogen-bond acceptors (Lipinski definition) is 5.